The maximum absolute atomic E-state index is 12.8. The summed E-state index contributed by atoms with van der Waals surface area (Å²) in [5, 5.41) is 11.7. The SMILES string of the molecule is N=C(N)c1ccc(NC(=O)CN(CC2CCCCC2)C(=O)C(=O)c2cscn2)cc1. The third-order valence-electron chi connectivity index (χ3n) is 5.16. The summed E-state index contributed by atoms with van der Waals surface area (Å²) in [5.74, 6) is -1.55. The molecule has 1 saturated carbocycles. The Balaban J connectivity index is 1.68. The van der Waals surface area contributed by atoms with Crippen LogP contribution < -0.4 is 11.1 Å². The topological polar surface area (TPSA) is 129 Å². The van der Waals surface area contributed by atoms with Crippen LogP contribution in [0.1, 0.15) is 48.2 Å². The Morgan fingerprint density at radius 1 is 1.17 bits per heavy atom. The van der Waals surface area contributed by atoms with Gasteiger partial charge in [-0.3, -0.25) is 19.8 Å². The van der Waals surface area contributed by atoms with E-state index in [1.54, 1.807) is 24.3 Å². The minimum atomic E-state index is -0.700. The van der Waals surface area contributed by atoms with Crippen molar-refractivity contribution in [2.75, 3.05) is 18.4 Å². The van der Waals surface area contributed by atoms with Gasteiger partial charge in [0.2, 0.25) is 5.91 Å². The van der Waals surface area contributed by atoms with Gasteiger partial charge in [0.05, 0.1) is 5.51 Å². The molecule has 1 fully saturated rings. The lowest BCUT2D eigenvalue weighted by atomic mass is 9.89. The lowest BCUT2D eigenvalue weighted by Crippen LogP contribution is -2.44. The second-order valence-corrected chi connectivity index (χ2v) is 8.15. The monoisotopic (exact) mass is 427 g/mol. The van der Waals surface area contributed by atoms with Crippen LogP contribution in [0.3, 0.4) is 0 Å². The molecule has 1 aliphatic rings. The van der Waals surface area contributed by atoms with Gasteiger partial charge < -0.3 is 16.0 Å². The molecule has 2 aromatic rings. The number of hydrogen-bond donors (Lipinski definition) is 3. The van der Waals surface area contributed by atoms with E-state index >= 15 is 0 Å². The van der Waals surface area contributed by atoms with E-state index in [2.05, 4.69) is 10.3 Å². The Kier molecular flexibility index (Phi) is 7.29. The number of rotatable bonds is 8. The lowest BCUT2D eigenvalue weighted by Gasteiger charge is -2.29. The molecule has 4 N–H and O–H groups in total. The number of amidine groups is 1. The molecule has 8 nitrogen and oxygen atoms in total. The van der Waals surface area contributed by atoms with Gasteiger partial charge in [-0.05, 0) is 43.0 Å². The third kappa shape index (κ3) is 5.73. The van der Waals surface area contributed by atoms with E-state index in [-0.39, 0.29) is 29.9 Å². The van der Waals surface area contributed by atoms with Crippen molar-refractivity contribution in [3.05, 3.63) is 46.4 Å². The summed E-state index contributed by atoms with van der Waals surface area (Å²) in [6.45, 7) is 0.172. The van der Waals surface area contributed by atoms with Crippen molar-refractivity contribution in [3.63, 3.8) is 0 Å². The molecular weight excluding hydrogens is 402 g/mol. The van der Waals surface area contributed by atoms with Crippen molar-refractivity contribution in [2.45, 2.75) is 32.1 Å². The van der Waals surface area contributed by atoms with Crippen LogP contribution in [0.15, 0.2) is 35.2 Å². The number of nitrogens with one attached hydrogen (secondary N) is 2. The van der Waals surface area contributed by atoms with Gasteiger partial charge in [0, 0.05) is 23.2 Å². The maximum atomic E-state index is 12.8. The summed E-state index contributed by atoms with van der Waals surface area (Å²) in [5.41, 5.74) is 8.13. The maximum Gasteiger partial charge on any atom is 0.297 e. The van der Waals surface area contributed by atoms with Gasteiger partial charge in [-0.25, -0.2) is 4.98 Å². The van der Waals surface area contributed by atoms with Crippen LogP contribution in [0.4, 0.5) is 5.69 Å². The number of ketones is 1. The average Bonchev–Trinajstić information content (AvgIpc) is 3.28. The molecule has 3 rings (SSSR count). The van der Waals surface area contributed by atoms with Crippen LogP contribution in [0.5, 0.6) is 0 Å². The predicted molar refractivity (Wildman–Crippen MR) is 116 cm³/mol. The molecule has 0 spiro atoms. The highest BCUT2D eigenvalue weighted by Gasteiger charge is 2.29. The van der Waals surface area contributed by atoms with Gasteiger partial charge in [0.1, 0.15) is 18.1 Å². The molecule has 0 unspecified atom stereocenters. The highest BCUT2D eigenvalue weighted by Crippen LogP contribution is 2.24. The standard InChI is InChI=1S/C21H25N5O3S/c22-20(23)15-6-8-16(9-7-15)25-18(27)11-26(10-14-4-2-1-3-5-14)21(29)19(28)17-12-30-13-24-17/h6-9,12-14H,1-5,10-11H2,(H3,22,23)(H,25,27). The zero-order valence-electron chi connectivity index (χ0n) is 16.6. The summed E-state index contributed by atoms with van der Waals surface area (Å²) in [6.07, 6.45) is 5.35. The Labute approximate surface area is 179 Å². The van der Waals surface area contributed by atoms with E-state index in [1.807, 2.05) is 0 Å². The fraction of sp³-hybridized carbons (Fsp3) is 0.381. The van der Waals surface area contributed by atoms with Crippen molar-refractivity contribution < 1.29 is 14.4 Å². The molecule has 30 heavy (non-hydrogen) atoms. The smallest absolute Gasteiger partial charge is 0.297 e. The number of carbonyl (C=O) groups is 3. The number of nitrogens with two attached hydrogens (primary N) is 1. The van der Waals surface area contributed by atoms with E-state index in [1.165, 1.54) is 33.5 Å². The Hall–Kier alpha value is -3.07. The number of hydrogen-bond acceptors (Lipinski definition) is 6. The largest absolute Gasteiger partial charge is 0.384 e. The van der Waals surface area contributed by atoms with E-state index in [0.717, 1.165) is 25.7 Å². The molecule has 1 aromatic carbocycles. The first-order chi connectivity index (χ1) is 14.4. The zero-order valence-corrected chi connectivity index (χ0v) is 17.4. The predicted octanol–water partition coefficient (Wildman–Crippen LogP) is 2.66. The molecule has 0 saturated heterocycles. The van der Waals surface area contributed by atoms with Crippen LogP contribution >= 0.6 is 11.3 Å². The number of amides is 2. The first kappa shape index (κ1) is 21.6. The molecule has 0 aliphatic heterocycles. The van der Waals surface area contributed by atoms with Gasteiger partial charge in [0.25, 0.3) is 11.7 Å². The van der Waals surface area contributed by atoms with Crippen molar-refractivity contribution >= 4 is 40.5 Å². The Morgan fingerprint density at radius 2 is 1.87 bits per heavy atom. The normalized spacial score (nSPS) is 14.1. The molecule has 0 atom stereocenters. The van der Waals surface area contributed by atoms with Gasteiger partial charge in [-0.1, -0.05) is 19.3 Å². The summed E-state index contributed by atoms with van der Waals surface area (Å²) in [6, 6.07) is 6.55. The molecule has 1 aliphatic carbocycles. The summed E-state index contributed by atoms with van der Waals surface area (Å²) in [4.78, 5) is 43.2. The molecule has 1 aromatic heterocycles. The van der Waals surface area contributed by atoms with Gasteiger partial charge in [-0.15, -0.1) is 11.3 Å². The second-order valence-electron chi connectivity index (χ2n) is 7.43. The number of aromatic nitrogens is 1. The highest BCUT2D eigenvalue weighted by atomic mass is 32.1. The van der Waals surface area contributed by atoms with Gasteiger partial charge in [0.15, 0.2) is 0 Å². The molecule has 158 valence electrons. The highest BCUT2D eigenvalue weighted by molar-refractivity contribution is 7.07. The summed E-state index contributed by atoms with van der Waals surface area (Å²) in [7, 11) is 0. The first-order valence-electron chi connectivity index (χ1n) is 9.90. The average molecular weight is 428 g/mol. The van der Waals surface area contributed by atoms with Crippen molar-refractivity contribution in [1.82, 2.24) is 9.88 Å². The quantitative estimate of drug-likeness (QED) is 0.258. The summed E-state index contributed by atoms with van der Waals surface area (Å²) >= 11 is 1.25. The van der Waals surface area contributed by atoms with Crippen LogP contribution in [0, 0.1) is 11.3 Å². The van der Waals surface area contributed by atoms with Crippen LogP contribution in [0.25, 0.3) is 0 Å². The van der Waals surface area contributed by atoms with Crippen molar-refractivity contribution in [1.29, 1.82) is 5.41 Å². The number of carbonyl (C=O) groups excluding carboxylic acids is 3. The molecule has 0 bridgehead atoms. The lowest BCUT2D eigenvalue weighted by molar-refractivity contribution is -0.131. The van der Waals surface area contributed by atoms with E-state index < -0.39 is 11.7 Å². The van der Waals surface area contributed by atoms with E-state index in [0.29, 0.717) is 17.8 Å². The van der Waals surface area contributed by atoms with Gasteiger partial charge in [-0.2, -0.15) is 0 Å². The number of anilines is 1. The van der Waals surface area contributed by atoms with E-state index in [4.69, 9.17) is 11.1 Å². The number of nitrogen functional groups attached to an aromatic ring is 1. The number of nitrogens with zero attached hydrogens (tertiary/aromatic N) is 2. The van der Waals surface area contributed by atoms with E-state index in [9.17, 15) is 14.4 Å². The van der Waals surface area contributed by atoms with Crippen LogP contribution in [-0.4, -0.2) is 46.4 Å². The third-order valence-corrected chi connectivity index (χ3v) is 5.75. The number of benzene rings is 1. The number of thiazole rings is 1. The van der Waals surface area contributed by atoms with Gasteiger partial charge >= 0.3 is 0 Å². The Morgan fingerprint density at radius 3 is 2.47 bits per heavy atom. The molecule has 9 heteroatoms. The minimum absolute atomic E-state index is 0.0577. The zero-order chi connectivity index (χ0) is 21.5. The van der Waals surface area contributed by atoms with Crippen molar-refractivity contribution in [3.8, 4) is 0 Å². The summed E-state index contributed by atoms with van der Waals surface area (Å²) < 4.78 is 0. The van der Waals surface area contributed by atoms with Crippen LogP contribution in [-0.2, 0) is 9.59 Å². The second kappa shape index (κ2) is 10.1. The first-order valence-corrected chi connectivity index (χ1v) is 10.8. The number of Topliss-reactive ketones (excluding diaryl/α,β-unsaturated/α-hetero) is 1. The molecule has 0 radical (unpaired) electrons. The van der Waals surface area contributed by atoms with Crippen molar-refractivity contribution in [2.24, 2.45) is 11.7 Å². The molecule has 1 heterocycles. The molecular formula is C21H25N5O3S. The minimum Gasteiger partial charge on any atom is -0.384 e. The van der Waals surface area contributed by atoms with Crippen LogP contribution in [0.2, 0.25) is 0 Å². The molecule has 2 amide bonds. The fourth-order valence-corrected chi connectivity index (χ4v) is 4.12. The fourth-order valence-electron chi connectivity index (χ4n) is 3.59. The Bertz CT molecular complexity index is 905.